The molecular weight excluding hydrogens is 382 g/mol. The largest absolute Gasteiger partial charge is 0.495 e. The molecule has 3 aromatic rings. The minimum absolute atomic E-state index is 0.244. The van der Waals surface area contributed by atoms with E-state index < -0.39 is 0 Å². The van der Waals surface area contributed by atoms with E-state index in [0.717, 1.165) is 10.2 Å². The summed E-state index contributed by atoms with van der Waals surface area (Å²) in [5.74, 6) is 1.02. The Labute approximate surface area is 154 Å². The summed E-state index contributed by atoms with van der Waals surface area (Å²) in [4.78, 5) is 16.7. The van der Waals surface area contributed by atoms with Crippen LogP contribution in [-0.4, -0.2) is 18.0 Å². The highest BCUT2D eigenvalue weighted by molar-refractivity contribution is 9.10. The summed E-state index contributed by atoms with van der Waals surface area (Å²) < 4.78 is 6.21. The van der Waals surface area contributed by atoms with Crippen molar-refractivity contribution in [3.63, 3.8) is 0 Å². The Morgan fingerprint density at radius 1 is 1.08 bits per heavy atom. The van der Waals surface area contributed by atoms with Crippen molar-refractivity contribution in [2.24, 2.45) is 0 Å². The van der Waals surface area contributed by atoms with Crippen LogP contribution in [0, 0.1) is 0 Å². The van der Waals surface area contributed by atoms with Gasteiger partial charge in [-0.1, -0.05) is 34.1 Å². The van der Waals surface area contributed by atoms with Gasteiger partial charge in [0.2, 0.25) is 0 Å². The van der Waals surface area contributed by atoms with E-state index in [1.807, 2.05) is 36.4 Å². The Balaban J connectivity index is 1.70. The first kappa shape index (κ1) is 17.0. The van der Waals surface area contributed by atoms with Crippen LogP contribution in [0.25, 0.3) is 0 Å². The van der Waals surface area contributed by atoms with Gasteiger partial charge in [-0.2, -0.15) is 0 Å². The molecule has 5 nitrogen and oxygen atoms in total. The predicted molar refractivity (Wildman–Crippen MR) is 103 cm³/mol. The third kappa shape index (κ3) is 4.36. The van der Waals surface area contributed by atoms with E-state index in [1.165, 1.54) is 6.20 Å². The standard InChI is InChI=1S/C19H16BrN3O2/c1-25-17-8-3-2-7-16(17)23-19(24)13-9-10-18(21-12-13)22-15-6-4-5-14(20)11-15/h2-12H,1H3,(H,21,22)(H,23,24). The van der Waals surface area contributed by atoms with Crippen LogP contribution in [0.4, 0.5) is 17.2 Å². The predicted octanol–water partition coefficient (Wildman–Crippen LogP) is 4.85. The zero-order valence-corrected chi connectivity index (χ0v) is 15.1. The van der Waals surface area contributed by atoms with Crippen molar-refractivity contribution in [2.45, 2.75) is 0 Å². The maximum Gasteiger partial charge on any atom is 0.257 e. The van der Waals surface area contributed by atoms with Crippen molar-refractivity contribution < 1.29 is 9.53 Å². The summed E-state index contributed by atoms with van der Waals surface area (Å²) in [7, 11) is 1.56. The fraction of sp³-hybridized carbons (Fsp3) is 0.0526. The lowest BCUT2D eigenvalue weighted by atomic mass is 10.2. The Kier molecular flexibility index (Phi) is 5.30. The molecule has 2 aromatic carbocycles. The molecule has 0 bridgehead atoms. The van der Waals surface area contributed by atoms with Gasteiger partial charge >= 0.3 is 0 Å². The SMILES string of the molecule is COc1ccccc1NC(=O)c1ccc(Nc2cccc(Br)c2)nc1. The normalized spacial score (nSPS) is 10.2. The fourth-order valence-corrected chi connectivity index (χ4v) is 2.66. The van der Waals surface area contributed by atoms with E-state index in [0.29, 0.717) is 22.8 Å². The molecule has 0 unspecified atom stereocenters. The molecule has 1 heterocycles. The molecule has 1 amide bonds. The van der Waals surface area contributed by atoms with Crippen molar-refractivity contribution in [3.8, 4) is 5.75 Å². The van der Waals surface area contributed by atoms with Crippen molar-refractivity contribution in [1.82, 2.24) is 4.98 Å². The molecule has 0 radical (unpaired) electrons. The number of ether oxygens (including phenoxy) is 1. The number of halogens is 1. The van der Waals surface area contributed by atoms with Crippen LogP contribution in [0.2, 0.25) is 0 Å². The van der Waals surface area contributed by atoms with Gasteiger partial charge in [-0.3, -0.25) is 4.79 Å². The number of amides is 1. The molecule has 2 N–H and O–H groups in total. The lowest BCUT2D eigenvalue weighted by molar-refractivity contribution is 0.102. The molecule has 1 aromatic heterocycles. The quantitative estimate of drug-likeness (QED) is 0.645. The van der Waals surface area contributed by atoms with Gasteiger partial charge in [-0.05, 0) is 42.5 Å². The number of methoxy groups -OCH3 is 1. The van der Waals surface area contributed by atoms with Gasteiger partial charge < -0.3 is 15.4 Å². The minimum Gasteiger partial charge on any atom is -0.495 e. The molecule has 0 spiro atoms. The highest BCUT2D eigenvalue weighted by atomic mass is 79.9. The van der Waals surface area contributed by atoms with E-state index in [1.54, 1.807) is 31.4 Å². The zero-order chi connectivity index (χ0) is 17.6. The van der Waals surface area contributed by atoms with Gasteiger partial charge in [0.05, 0.1) is 18.4 Å². The van der Waals surface area contributed by atoms with Gasteiger partial charge in [-0.15, -0.1) is 0 Å². The molecule has 25 heavy (non-hydrogen) atoms. The maximum atomic E-state index is 12.4. The molecule has 0 saturated carbocycles. The second-order valence-corrected chi connectivity index (χ2v) is 6.14. The van der Waals surface area contributed by atoms with Crippen molar-refractivity contribution in [2.75, 3.05) is 17.7 Å². The number of rotatable bonds is 5. The first-order chi connectivity index (χ1) is 12.2. The van der Waals surface area contributed by atoms with Crippen LogP contribution >= 0.6 is 15.9 Å². The van der Waals surface area contributed by atoms with Gasteiger partial charge in [0.1, 0.15) is 11.6 Å². The smallest absolute Gasteiger partial charge is 0.257 e. The number of pyridine rings is 1. The van der Waals surface area contributed by atoms with Crippen LogP contribution in [0.1, 0.15) is 10.4 Å². The number of carbonyl (C=O) groups is 1. The first-order valence-electron chi connectivity index (χ1n) is 7.59. The number of anilines is 3. The van der Waals surface area contributed by atoms with Crippen LogP contribution in [0.3, 0.4) is 0 Å². The highest BCUT2D eigenvalue weighted by Crippen LogP contribution is 2.24. The van der Waals surface area contributed by atoms with E-state index in [4.69, 9.17) is 4.74 Å². The number of hydrogen-bond donors (Lipinski definition) is 2. The summed E-state index contributed by atoms with van der Waals surface area (Å²) in [6.45, 7) is 0. The number of benzene rings is 2. The van der Waals surface area contributed by atoms with Crippen LogP contribution < -0.4 is 15.4 Å². The summed E-state index contributed by atoms with van der Waals surface area (Å²) in [5, 5.41) is 6.01. The van der Waals surface area contributed by atoms with Gasteiger partial charge in [0, 0.05) is 16.4 Å². The highest BCUT2D eigenvalue weighted by Gasteiger charge is 2.10. The third-order valence-corrected chi connectivity index (χ3v) is 3.97. The molecule has 3 rings (SSSR count). The molecule has 0 aliphatic rings. The molecule has 0 aliphatic carbocycles. The Bertz CT molecular complexity index is 882. The number of nitrogens with zero attached hydrogens (tertiary/aromatic N) is 1. The van der Waals surface area contributed by atoms with Crippen molar-refractivity contribution in [3.05, 3.63) is 76.9 Å². The number of para-hydroxylation sites is 2. The summed E-state index contributed by atoms with van der Waals surface area (Å²) >= 11 is 3.43. The Morgan fingerprint density at radius 2 is 1.92 bits per heavy atom. The fourth-order valence-electron chi connectivity index (χ4n) is 2.26. The lowest BCUT2D eigenvalue weighted by Crippen LogP contribution is -2.13. The number of carbonyl (C=O) groups excluding carboxylic acids is 1. The summed E-state index contributed by atoms with van der Waals surface area (Å²) in [6, 6.07) is 18.5. The average Bonchev–Trinajstić information content (AvgIpc) is 2.63. The van der Waals surface area contributed by atoms with Crippen LogP contribution in [0.5, 0.6) is 5.75 Å². The Hall–Kier alpha value is -2.86. The van der Waals surface area contributed by atoms with E-state index >= 15 is 0 Å². The molecule has 0 aliphatic heterocycles. The van der Waals surface area contributed by atoms with Crippen molar-refractivity contribution in [1.29, 1.82) is 0 Å². The second kappa shape index (κ2) is 7.81. The number of aromatic nitrogens is 1. The minimum atomic E-state index is -0.244. The number of hydrogen-bond acceptors (Lipinski definition) is 4. The molecular formula is C19H16BrN3O2. The molecule has 126 valence electrons. The maximum absolute atomic E-state index is 12.4. The molecule has 6 heteroatoms. The lowest BCUT2D eigenvalue weighted by Gasteiger charge is -2.10. The zero-order valence-electron chi connectivity index (χ0n) is 13.5. The summed E-state index contributed by atoms with van der Waals surface area (Å²) in [5.41, 5.74) is 1.99. The van der Waals surface area contributed by atoms with Crippen LogP contribution in [0.15, 0.2) is 71.3 Å². The Morgan fingerprint density at radius 3 is 2.64 bits per heavy atom. The first-order valence-corrected chi connectivity index (χ1v) is 8.38. The van der Waals surface area contributed by atoms with Gasteiger partial charge in [-0.25, -0.2) is 4.98 Å². The van der Waals surface area contributed by atoms with Gasteiger partial charge in [0.15, 0.2) is 0 Å². The van der Waals surface area contributed by atoms with Gasteiger partial charge in [0.25, 0.3) is 5.91 Å². The molecule has 0 fully saturated rings. The van der Waals surface area contributed by atoms with E-state index in [-0.39, 0.29) is 5.91 Å². The second-order valence-electron chi connectivity index (χ2n) is 5.22. The number of nitrogens with one attached hydrogen (secondary N) is 2. The van der Waals surface area contributed by atoms with E-state index in [9.17, 15) is 4.79 Å². The van der Waals surface area contributed by atoms with Crippen LogP contribution in [-0.2, 0) is 0 Å². The summed E-state index contributed by atoms with van der Waals surface area (Å²) in [6.07, 6.45) is 1.53. The van der Waals surface area contributed by atoms with Crippen molar-refractivity contribution >= 4 is 39.0 Å². The topological polar surface area (TPSA) is 63.2 Å². The average molecular weight is 398 g/mol. The third-order valence-electron chi connectivity index (χ3n) is 3.48. The molecule has 0 atom stereocenters. The molecule has 0 saturated heterocycles. The monoisotopic (exact) mass is 397 g/mol. The van der Waals surface area contributed by atoms with E-state index in [2.05, 4.69) is 31.5 Å².